The molecule has 2 saturated carbocycles. The van der Waals surface area contributed by atoms with Gasteiger partial charge in [-0.3, -0.25) is 0 Å². The van der Waals surface area contributed by atoms with Crippen molar-refractivity contribution in [1.82, 2.24) is 0 Å². The zero-order valence-corrected chi connectivity index (χ0v) is 14.0. The number of benzene rings is 1. The van der Waals surface area contributed by atoms with Gasteiger partial charge < -0.3 is 10.2 Å². The van der Waals surface area contributed by atoms with Gasteiger partial charge in [0, 0.05) is 4.83 Å². The lowest BCUT2D eigenvalue weighted by molar-refractivity contribution is -0.0213. The number of phenols is 1. The summed E-state index contributed by atoms with van der Waals surface area (Å²) in [6.07, 6.45) is 5.46. The minimum Gasteiger partial charge on any atom is -0.508 e. The van der Waals surface area contributed by atoms with Gasteiger partial charge in [-0.05, 0) is 78.5 Å². The van der Waals surface area contributed by atoms with Crippen LogP contribution >= 0.6 is 15.9 Å². The van der Waals surface area contributed by atoms with Gasteiger partial charge in [-0.2, -0.15) is 0 Å². The number of aryl methyl sites for hydroxylation is 1. The van der Waals surface area contributed by atoms with Crippen LogP contribution in [0.4, 0.5) is 0 Å². The summed E-state index contributed by atoms with van der Waals surface area (Å²) in [5, 5.41) is 20.3. The van der Waals surface area contributed by atoms with Gasteiger partial charge in [0.1, 0.15) is 5.75 Å². The monoisotopic (exact) mass is 350 g/mol. The van der Waals surface area contributed by atoms with E-state index in [1.165, 1.54) is 24.0 Å². The molecule has 4 rings (SSSR count). The van der Waals surface area contributed by atoms with Crippen molar-refractivity contribution in [2.75, 3.05) is 0 Å². The fourth-order valence-electron chi connectivity index (χ4n) is 5.51. The summed E-state index contributed by atoms with van der Waals surface area (Å²) in [5.74, 6) is 2.33. The smallest absolute Gasteiger partial charge is 0.115 e. The van der Waals surface area contributed by atoms with Crippen molar-refractivity contribution in [2.24, 2.45) is 17.3 Å². The number of rotatable bonds is 0. The van der Waals surface area contributed by atoms with Gasteiger partial charge in [-0.1, -0.05) is 28.9 Å². The molecule has 0 aliphatic heterocycles. The number of hydrogen-bond acceptors (Lipinski definition) is 2. The van der Waals surface area contributed by atoms with Gasteiger partial charge in [-0.15, -0.1) is 0 Å². The van der Waals surface area contributed by atoms with Crippen LogP contribution in [0.3, 0.4) is 0 Å². The second-order valence-corrected chi connectivity index (χ2v) is 8.72. The van der Waals surface area contributed by atoms with Crippen molar-refractivity contribution in [3.63, 3.8) is 0 Å². The van der Waals surface area contributed by atoms with Gasteiger partial charge in [0.05, 0.1) is 6.10 Å². The fourth-order valence-corrected chi connectivity index (χ4v) is 6.52. The Morgan fingerprint density at radius 2 is 2.10 bits per heavy atom. The van der Waals surface area contributed by atoms with E-state index in [-0.39, 0.29) is 16.3 Å². The summed E-state index contributed by atoms with van der Waals surface area (Å²) in [6.45, 7) is 2.30. The zero-order chi connectivity index (χ0) is 14.8. The van der Waals surface area contributed by atoms with Crippen LogP contribution in [-0.2, 0) is 6.42 Å². The SMILES string of the molecule is C[C@]12CC[C@@H]3c4ccc(O)cc4CC[C@H]3[C@@H]1C[C@@H](Br)[C@@H]2O. The Hall–Kier alpha value is -0.540. The minimum absolute atomic E-state index is 0.0871. The summed E-state index contributed by atoms with van der Waals surface area (Å²) in [4.78, 5) is 0.257. The van der Waals surface area contributed by atoms with Crippen molar-refractivity contribution in [2.45, 2.75) is 55.9 Å². The fraction of sp³-hybridized carbons (Fsp3) is 0.667. The highest BCUT2D eigenvalue weighted by Crippen LogP contribution is 2.61. The maximum atomic E-state index is 10.6. The Morgan fingerprint density at radius 3 is 2.90 bits per heavy atom. The number of fused-ring (bicyclic) bond motifs is 5. The summed E-state index contributed by atoms with van der Waals surface area (Å²) in [5.41, 5.74) is 2.89. The van der Waals surface area contributed by atoms with Crippen LogP contribution < -0.4 is 0 Å². The molecule has 2 fully saturated rings. The quantitative estimate of drug-likeness (QED) is 0.694. The van der Waals surface area contributed by atoms with Crippen molar-refractivity contribution < 1.29 is 10.2 Å². The molecule has 3 heteroatoms. The maximum absolute atomic E-state index is 10.6. The number of phenolic OH excluding ortho intramolecular Hbond substituents is 1. The second kappa shape index (κ2) is 4.73. The molecule has 3 aliphatic rings. The van der Waals surface area contributed by atoms with Crippen LogP contribution in [0.1, 0.15) is 49.7 Å². The third kappa shape index (κ3) is 1.93. The Kier molecular flexibility index (Phi) is 3.17. The van der Waals surface area contributed by atoms with Gasteiger partial charge in [0.25, 0.3) is 0 Å². The van der Waals surface area contributed by atoms with E-state index >= 15 is 0 Å². The molecule has 0 unspecified atom stereocenters. The molecule has 2 N–H and O–H groups in total. The molecule has 0 bridgehead atoms. The lowest BCUT2D eigenvalue weighted by Gasteiger charge is -2.50. The van der Waals surface area contributed by atoms with E-state index in [1.54, 1.807) is 0 Å². The first-order valence-corrected chi connectivity index (χ1v) is 9.06. The number of halogens is 1. The van der Waals surface area contributed by atoms with E-state index in [4.69, 9.17) is 0 Å². The molecule has 0 amide bonds. The van der Waals surface area contributed by atoms with Crippen molar-refractivity contribution in [3.8, 4) is 5.75 Å². The number of aliphatic hydroxyl groups is 1. The van der Waals surface area contributed by atoms with Crippen LogP contribution in [0.15, 0.2) is 18.2 Å². The minimum atomic E-state index is -0.204. The number of aromatic hydroxyl groups is 1. The molecule has 0 spiro atoms. The molecule has 21 heavy (non-hydrogen) atoms. The second-order valence-electron chi connectivity index (χ2n) is 7.54. The first-order valence-electron chi connectivity index (χ1n) is 8.14. The molecule has 0 aromatic heterocycles. The third-order valence-electron chi connectivity index (χ3n) is 6.65. The van der Waals surface area contributed by atoms with Crippen molar-refractivity contribution in [1.29, 1.82) is 0 Å². The zero-order valence-electron chi connectivity index (χ0n) is 12.4. The van der Waals surface area contributed by atoms with Crippen LogP contribution in [0.2, 0.25) is 0 Å². The highest BCUT2D eigenvalue weighted by molar-refractivity contribution is 9.09. The van der Waals surface area contributed by atoms with Gasteiger partial charge >= 0.3 is 0 Å². The predicted octanol–water partition coefficient (Wildman–Crippen LogP) is 3.98. The van der Waals surface area contributed by atoms with Crippen molar-refractivity contribution >= 4 is 15.9 Å². The summed E-state index contributed by atoms with van der Waals surface area (Å²) in [6, 6.07) is 5.93. The number of hydrogen-bond donors (Lipinski definition) is 2. The lowest BCUT2D eigenvalue weighted by Crippen LogP contribution is -2.44. The Bertz CT molecular complexity index is 572. The highest BCUT2D eigenvalue weighted by atomic mass is 79.9. The Morgan fingerprint density at radius 1 is 1.29 bits per heavy atom. The summed E-state index contributed by atoms with van der Waals surface area (Å²) >= 11 is 3.70. The molecular weight excluding hydrogens is 328 g/mol. The number of aliphatic hydroxyl groups excluding tert-OH is 1. The predicted molar refractivity (Wildman–Crippen MR) is 86.8 cm³/mol. The molecule has 0 heterocycles. The maximum Gasteiger partial charge on any atom is 0.115 e. The molecule has 0 radical (unpaired) electrons. The lowest BCUT2D eigenvalue weighted by atomic mass is 9.55. The largest absolute Gasteiger partial charge is 0.508 e. The average molecular weight is 351 g/mol. The van der Waals surface area contributed by atoms with E-state index in [1.807, 2.05) is 12.1 Å². The Balaban J connectivity index is 1.71. The van der Waals surface area contributed by atoms with Crippen LogP contribution in [0.25, 0.3) is 0 Å². The van der Waals surface area contributed by atoms with E-state index in [9.17, 15) is 10.2 Å². The van der Waals surface area contributed by atoms with E-state index in [0.717, 1.165) is 19.3 Å². The Labute approximate surface area is 134 Å². The van der Waals surface area contributed by atoms with Crippen LogP contribution in [0, 0.1) is 17.3 Å². The molecular formula is C18H23BrO2. The molecule has 114 valence electrons. The van der Waals surface area contributed by atoms with E-state index in [0.29, 0.717) is 23.5 Å². The molecule has 2 nitrogen and oxygen atoms in total. The van der Waals surface area contributed by atoms with Gasteiger partial charge in [0.15, 0.2) is 0 Å². The third-order valence-corrected chi connectivity index (χ3v) is 7.52. The topological polar surface area (TPSA) is 40.5 Å². The first-order chi connectivity index (χ1) is 10.0. The highest BCUT2D eigenvalue weighted by Gasteiger charge is 2.57. The normalized spacial score (nSPS) is 44.8. The molecule has 1 aromatic carbocycles. The van der Waals surface area contributed by atoms with Crippen molar-refractivity contribution in [3.05, 3.63) is 29.3 Å². The molecule has 0 saturated heterocycles. The molecule has 1 aromatic rings. The van der Waals surface area contributed by atoms with Crippen LogP contribution in [0.5, 0.6) is 5.75 Å². The van der Waals surface area contributed by atoms with Gasteiger partial charge in [0.2, 0.25) is 0 Å². The number of alkyl halides is 1. The summed E-state index contributed by atoms with van der Waals surface area (Å²) in [7, 11) is 0. The molecule has 3 aliphatic carbocycles. The van der Waals surface area contributed by atoms with E-state index in [2.05, 4.69) is 28.9 Å². The molecule has 6 atom stereocenters. The standard InChI is InChI=1S/C18H23BrO2/c1-18-7-6-13-12-5-3-11(20)8-10(12)2-4-14(13)15(18)9-16(19)17(18)21/h3,5,8,13-17,20-21H,2,4,6-7,9H2,1H3/t13-,14-,15+,16-,17+,18+/m1/s1. The van der Waals surface area contributed by atoms with E-state index < -0.39 is 0 Å². The summed E-state index contributed by atoms with van der Waals surface area (Å²) < 4.78 is 0. The first kappa shape index (κ1) is 14.1. The average Bonchev–Trinajstić information content (AvgIpc) is 2.70. The van der Waals surface area contributed by atoms with Gasteiger partial charge in [-0.25, -0.2) is 0 Å². The van der Waals surface area contributed by atoms with Crippen LogP contribution in [-0.4, -0.2) is 21.1 Å².